The van der Waals surface area contributed by atoms with E-state index in [2.05, 4.69) is 77.4 Å². The Balaban J connectivity index is 1.52. The number of aromatic nitrogens is 3. The Kier molecular flexibility index (Phi) is 5.07. The van der Waals surface area contributed by atoms with Crippen LogP contribution in [0.5, 0.6) is 0 Å². The van der Waals surface area contributed by atoms with E-state index >= 15 is 0 Å². The van der Waals surface area contributed by atoms with Gasteiger partial charge in [-0.25, -0.2) is 0 Å². The minimum absolute atomic E-state index is 0.0790. The monoisotopic (exact) mass is 627 g/mol. The van der Waals surface area contributed by atoms with Crippen molar-refractivity contribution in [3.8, 4) is 27.9 Å². The molecule has 0 bridgehead atoms. The second kappa shape index (κ2) is 9.43. The van der Waals surface area contributed by atoms with Crippen LogP contribution in [0.15, 0.2) is 161 Å². The molecule has 0 amide bonds. The maximum atomic E-state index is 14.6. The summed E-state index contributed by atoms with van der Waals surface area (Å²) in [5.74, 6) is 0. The molecule has 2 aliphatic rings. The van der Waals surface area contributed by atoms with Gasteiger partial charge in [0.05, 0.1) is 38.8 Å². The molecule has 0 fully saturated rings. The van der Waals surface area contributed by atoms with E-state index in [4.69, 9.17) is 0 Å². The fraction of sp³-hybridized carbons (Fsp3) is 0. The molecule has 228 valence electrons. The first kappa shape index (κ1) is 26.4. The van der Waals surface area contributed by atoms with Crippen LogP contribution < -0.4 is 11.1 Å². The fourth-order valence-electron chi connectivity index (χ4n) is 8.25. The largest absolute Gasteiger partial charge is 0.302 e. The number of benzene rings is 7. The zero-order valence-corrected chi connectivity index (χ0v) is 26.1. The molecule has 9 aromatic rings. The van der Waals surface area contributed by atoms with Gasteiger partial charge in [-0.15, -0.1) is 0 Å². The predicted molar refractivity (Wildman–Crippen MR) is 201 cm³/mol. The van der Waals surface area contributed by atoms with Crippen molar-refractivity contribution in [3.05, 3.63) is 172 Å². The summed E-state index contributed by atoms with van der Waals surface area (Å²) in [7, 11) is 0. The van der Waals surface area contributed by atoms with Gasteiger partial charge in [-0.2, -0.15) is 0 Å². The molecular weight excluding hydrogens is 603 g/mol. The Hall–Kier alpha value is -6.72. The molecule has 0 unspecified atom stereocenters. The first-order valence-corrected chi connectivity index (χ1v) is 16.5. The quantitative estimate of drug-likeness (QED) is 0.142. The van der Waals surface area contributed by atoms with Gasteiger partial charge in [0.15, 0.2) is 0 Å². The van der Waals surface area contributed by atoms with Crippen LogP contribution in [0.3, 0.4) is 0 Å². The summed E-state index contributed by atoms with van der Waals surface area (Å²) < 4.78 is 6.04. The van der Waals surface area contributed by atoms with Crippen molar-refractivity contribution in [1.29, 1.82) is 0 Å². The van der Waals surface area contributed by atoms with Crippen LogP contribution in [0.1, 0.15) is 0 Å². The van der Waals surface area contributed by atoms with E-state index in [0.29, 0.717) is 10.8 Å². The lowest BCUT2D eigenvalue weighted by Crippen LogP contribution is -2.23. The molecule has 2 aliphatic heterocycles. The second-order valence-corrected chi connectivity index (χ2v) is 12.9. The van der Waals surface area contributed by atoms with Crippen molar-refractivity contribution in [3.63, 3.8) is 0 Å². The van der Waals surface area contributed by atoms with Crippen LogP contribution >= 0.6 is 0 Å². The van der Waals surface area contributed by atoms with Crippen LogP contribution in [0.2, 0.25) is 0 Å². The van der Waals surface area contributed by atoms with E-state index in [0.717, 1.165) is 82.6 Å². The first-order valence-electron chi connectivity index (χ1n) is 16.5. The molecule has 7 aromatic carbocycles. The lowest BCUT2D eigenvalue weighted by atomic mass is 9.96. The van der Waals surface area contributed by atoms with E-state index < -0.39 is 0 Å². The van der Waals surface area contributed by atoms with Crippen LogP contribution in [-0.4, -0.2) is 13.4 Å². The van der Waals surface area contributed by atoms with E-state index in [1.807, 2.05) is 87.7 Å². The number of rotatable bonds is 2. The molecule has 0 N–H and O–H groups in total. The van der Waals surface area contributed by atoms with Gasteiger partial charge >= 0.3 is 0 Å². The molecule has 0 atom stereocenters. The zero-order valence-electron chi connectivity index (χ0n) is 26.1. The highest BCUT2D eigenvalue weighted by Crippen LogP contribution is 2.42. The van der Waals surface area contributed by atoms with Crippen molar-refractivity contribution >= 4 is 65.4 Å². The van der Waals surface area contributed by atoms with Gasteiger partial charge in [-0.3, -0.25) is 18.4 Å². The minimum atomic E-state index is -0.0790. The summed E-state index contributed by atoms with van der Waals surface area (Å²) in [4.78, 5) is 29.2. The molecule has 4 heterocycles. The Bertz CT molecular complexity index is 3030. The van der Waals surface area contributed by atoms with Gasteiger partial charge < -0.3 is 4.57 Å². The number of fused-ring (bicyclic) bond motifs is 8. The van der Waals surface area contributed by atoms with Gasteiger partial charge in [-0.1, -0.05) is 103 Å². The molecule has 0 spiro atoms. The topological polar surface area (TPSA) is 47.9 Å². The predicted octanol–water partition coefficient (Wildman–Crippen LogP) is 9.68. The molecule has 0 aliphatic carbocycles. The maximum absolute atomic E-state index is 14.6. The second-order valence-electron chi connectivity index (χ2n) is 12.9. The summed E-state index contributed by atoms with van der Waals surface area (Å²) >= 11 is 0. The van der Waals surface area contributed by atoms with Crippen LogP contribution in [0.25, 0.3) is 93.4 Å². The van der Waals surface area contributed by atoms with Crippen molar-refractivity contribution in [2.24, 2.45) is 0 Å². The molecule has 2 aromatic heterocycles. The van der Waals surface area contributed by atoms with E-state index in [-0.39, 0.29) is 11.1 Å². The number of hydrogen-bond acceptors (Lipinski definition) is 2. The van der Waals surface area contributed by atoms with Gasteiger partial charge in [0.2, 0.25) is 0 Å². The summed E-state index contributed by atoms with van der Waals surface area (Å²) in [6.07, 6.45) is 0. The van der Waals surface area contributed by atoms with Gasteiger partial charge in [0.1, 0.15) is 0 Å². The number of nitrogens with zero attached hydrogens (tertiary/aromatic N) is 3. The van der Waals surface area contributed by atoms with Crippen LogP contribution in [0, 0.1) is 0 Å². The Labute approximate surface area is 278 Å². The number of hydrogen-bond donors (Lipinski definition) is 0. The number of pyridine rings is 2. The highest BCUT2D eigenvalue weighted by atomic mass is 16.1. The highest BCUT2D eigenvalue weighted by Gasteiger charge is 2.26. The van der Waals surface area contributed by atoms with Crippen LogP contribution in [-0.2, 0) is 0 Å². The average Bonchev–Trinajstić information content (AvgIpc) is 3.17. The highest BCUT2D eigenvalue weighted by molar-refractivity contribution is 6.18. The molecule has 0 saturated heterocycles. The molecule has 11 rings (SSSR count). The lowest BCUT2D eigenvalue weighted by Gasteiger charge is -2.27. The summed E-state index contributed by atoms with van der Waals surface area (Å²) in [6, 6.07) is 51.4. The third-order valence-electron chi connectivity index (χ3n) is 10.3. The van der Waals surface area contributed by atoms with E-state index in [1.54, 1.807) is 0 Å². The average molecular weight is 628 g/mol. The SMILES string of the molecule is O=c1c2ccccc2c2cc(-c3ccccc3)cc3c2n1c1cccc2c1-n3c1cc(-c3ccccc3)cc3c4ccccc4c(=O)n2c31. The Morgan fingerprint density at radius 3 is 1.18 bits per heavy atom. The van der Waals surface area contributed by atoms with E-state index in [9.17, 15) is 9.59 Å². The fourth-order valence-corrected chi connectivity index (χ4v) is 8.25. The molecule has 49 heavy (non-hydrogen) atoms. The normalized spacial score (nSPS) is 12.2. The third kappa shape index (κ3) is 3.38. The lowest BCUT2D eigenvalue weighted by molar-refractivity contribution is 1.05. The Morgan fingerprint density at radius 1 is 0.327 bits per heavy atom. The summed E-state index contributed by atoms with van der Waals surface area (Å²) in [5, 5.41) is 5.15. The molecule has 0 saturated carbocycles. The van der Waals surface area contributed by atoms with E-state index in [1.165, 1.54) is 0 Å². The smallest absolute Gasteiger partial charge is 0.263 e. The molecule has 5 nitrogen and oxygen atoms in total. The Morgan fingerprint density at radius 2 is 0.735 bits per heavy atom. The van der Waals surface area contributed by atoms with Crippen molar-refractivity contribution in [1.82, 2.24) is 13.4 Å². The number of para-hydroxylation sites is 1. The summed E-state index contributed by atoms with van der Waals surface area (Å²) in [5.41, 5.74) is 9.94. The third-order valence-corrected chi connectivity index (χ3v) is 10.3. The minimum Gasteiger partial charge on any atom is -0.302 e. The van der Waals surface area contributed by atoms with Gasteiger partial charge in [-0.05, 0) is 81.6 Å². The van der Waals surface area contributed by atoms with Crippen molar-refractivity contribution in [2.45, 2.75) is 0 Å². The zero-order chi connectivity index (χ0) is 32.4. The molecule has 5 heteroatoms. The van der Waals surface area contributed by atoms with Crippen molar-refractivity contribution in [2.75, 3.05) is 0 Å². The summed E-state index contributed by atoms with van der Waals surface area (Å²) in [6.45, 7) is 0. The molecule has 0 radical (unpaired) electrons. The maximum Gasteiger partial charge on any atom is 0.263 e. The molecular formula is C44H25N3O2. The van der Waals surface area contributed by atoms with Crippen molar-refractivity contribution < 1.29 is 0 Å². The standard InChI is InChI=1S/C44H25N3O2/c48-43-32-18-9-7-16-30(32)34-22-28(26-12-3-1-4-13-26)24-38-40(34)46(43)36-20-11-21-37-42(36)45(38)39-25-29(27-14-5-2-6-15-27)23-35-31-17-8-10-19-33(31)44(49)47(37)41(35)39/h1-25H. The van der Waals surface area contributed by atoms with Gasteiger partial charge in [0, 0.05) is 21.5 Å². The van der Waals surface area contributed by atoms with Crippen LogP contribution in [0.4, 0.5) is 0 Å². The first-order chi connectivity index (χ1) is 24.2. The van der Waals surface area contributed by atoms with Gasteiger partial charge in [0.25, 0.3) is 11.1 Å².